The predicted octanol–water partition coefficient (Wildman–Crippen LogP) is 2.47. The number of thioether (sulfide) groups is 1. The molecule has 1 aromatic rings. The molecule has 1 unspecified atom stereocenters. The van der Waals surface area contributed by atoms with Crippen LogP contribution in [0.4, 0.5) is 0 Å². The van der Waals surface area contributed by atoms with Crippen LogP contribution in [0.3, 0.4) is 0 Å². The standard InChI is InChI=1S/C15H22O4S/c1-18-9-10-19-8-5-11-20-14(15(16)17)12-13-6-3-2-4-7-13/h2-4,6-7,14H,5,8-12H2,1H3,(H,16,17). The van der Waals surface area contributed by atoms with E-state index in [9.17, 15) is 9.90 Å². The first-order valence-electron chi connectivity index (χ1n) is 6.69. The number of ether oxygens (including phenoxy) is 2. The highest BCUT2D eigenvalue weighted by Crippen LogP contribution is 2.18. The van der Waals surface area contributed by atoms with E-state index in [1.54, 1.807) is 7.11 Å². The average molecular weight is 298 g/mol. The highest BCUT2D eigenvalue weighted by atomic mass is 32.2. The minimum Gasteiger partial charge on any atom is -0.480 e. The lowest BCUT2D eigenvalue weighted by Crippen LogP contribution is -2.20. The molecule has 0 aromatic heterocycles. The van der Waals surface area contributed by atoms with Crippen LogP contribution >= 0.6 is 11.8 Å². The summed E-state index contributed by atoms with van der Waals surface area (Å²) in [6.07, 6.45) is 1.42. The van der Waals surface area contributed by atoms with E-state index in [0.717, 1.165) is 17.7 Å². The molecule has 0 saturated heterocycles. The van der Waals surface area contributed by atoms with Gasteiger partial charge in [-0.15, -0.1) is 11.8 Å². The quantitative estimate of drug-likeness (QED) is 0.636. The van der Waals surface area contributed by atoms with Crippen LogP contribution in [0.25, 0.3) is 0 Å². The zero-order valence-electron chi connectivity index (χ0n) is 11.8. The summed E-state index contributed by atoms with van der Waals surface area (Å²) in [6, 6.07) is 9.73. The average Bonchev–Trinajstić information content (AvgIpc) is 2.46. The largest absolute Gasteiger partial charge is 0.480 e. The van der Waals surface area contributed by atoms with Gasteiger partial charge in [-0.05, 0) is 24.2 Å². The number of benzene rings is 1. The van der Waals surface area contributed by atoms with Gasteiger partial charge in [-0.3, -0.25) is 4.79 Å². The Hall–Kier alpha value is -1.04. The lowest BCUT2D eigenvalue weighted by molar-refractivity contribution is -0.136. The van der Waals surface area contributed by atoms with Crippen molar-refractivity contribution in [2.75, 3.05) is 32.7 Å². The fraction of sp³-hybridized carbons (Fsp3) is 0.533. The van der Waals surface area contributed by atoms with Crippen molar-refractivity contribution < 1.29 is 19.4 Å². The first-order chi connectivity index (χ1) is 9.74. The van der Waals surface area contributed by atoms with E-state index < -0.39 is 11.2 Å². The lowest BCUT2D eigenvalue weighted by Gasteiger charge is -2.12. The highest BCUT2D eigenvalue weighted by molar-refractivity contribution is 8.00. The number of carboxylic acids is 1. The van der Waals surface area contributed by atoms with Crippen LogP contribution in [-0.4, -0.2) is 49.0 Å². The van der Waals surface area contributed by atoms with Crippen molar-refractivity contribution in [3.05, 3.63) is 35.9 Å². The molecule has 0 aliphatic heterocycles. The van der Waals surface area contributed by atoms with E-state index in [0.29, 0.717) is 26.2 Å². The van der Waals surface area contributed by atoms with E-state index in [2.05, 4.69) is 0 Å². The van der Waals surface area contributed by atoms with Gasteiger partial charge in [-0.1, -0.05) is 30.3 Å². The maximum Gasteiger partial charge on any atom is 0.316 e. The van der Waals surface area contributed by atoms with Crippen LogP contribution in [0.5, 0.6) is 0 Å². The molecular weight excluding hydrogens is 276 g/mol. The number of methoxy groups -OCH3 is 1. The minimum atomic E-state index is -0.751. The van der Waals surface area contributed by atoms with Crippen molar-refractivity contribution in [1.29, 1.82) is 0 Å². The molecule has 0 heterocycles. The second kappa shape index (κ2) is 10.7. The van der Waals surface area contributed by atoms with Gasteiger partial charge in [0.1, 0.15) is 5.25 Å². The first-order valence-corrected chi connectivity index (χ1v) is 7.74. The Morgan fingerprint density at radius 2 is 2.00 bits per heavy atom. The summed E-state index contributed by atoms with van der Waals surface area (Å²) < 4.78 is 10.2. The van der Waals surface area contributed by atoms with Crippen molar-refractivity contribution in [3.63, 3.8) is 0 Å². The van der Waals surface area contributed by atoms with Crippen molar-refractivity contribution in [3.8, 4) is 0 Å². The molecule has 0 radical (unpaired) electrons. The molecule has 0 spiro atoms. The van der Waals surface area contributed by atoms with Gasteiger partial charge in [0.05, 0.1) is 13.2 Å². The molecule has 1 rings (SSSR count). The highest BCUT2D eigenvalue weighted by Gasteiger charge is 2.17. The van der Waals surface area contributed by atoms with Crippen LogP contribution in [0.1, 0.15) is 12.0 Å². The molecule has 1 atom stereocenters. The van der Waals surface area contributed by atoms with Crippen LogP contribution in [0.15, 0.2) is 30.3 Å². The van der Waals surface area contributed by atoms with E-state index in [1.165, 1.54) is 11.8 Å². The lowest BCUT2D eigenvalue weighted by atomic mass is 10.1. The summed E-state index contributed by atoms with van der Waals surface area (Å²) >= 11 is 1.48. The Bertz CT molecular complexity index is 369. The molecule has 4 nitrogen and oxygen atoms in total. The van der Waals surface area contributed by atoms with Crippen molar-refractivity contribution in [2.45, 2.75) is 18.1 Å². The zero-order valence-corrected chi connectivity index (χ0v) is 12.6. The SMILES string of the molecule is COCCOCCCSC(Cc1ccccc1)C(=O)O. The number of rotatable bonds is 11. The van der Waals surface area contributed by atoms with Gasteiger partial charge in [0.15, 0.2) is 0 Å². The Kier molecular flexibility index (Phi) is 9.11. The molecule has 20 heavy (non-hydrogen) atoms. The molecule has 0 fully saturated rings. The summed E-state index contributed by atoms with van der Waals surface area (Å²) in [7, 11) is 1.64. The summed E-state index contributed by atoms with van der Waals surface area (Å²) in [4.78, 5) is 11.2. The second-order valence-corrected chi connectivity index (χ2v) is 5.66. The van der Waals surface area contributed by atoms with E-state index in [4.69, 9.17) is 9.47 Å². The molecule has 1 N–H and O–H groups in total. The van der Waals surface area contributed by atoms with Gasteiger partial charge in [0, 0.05) is 13.7 Å². The molecule has 112 valence electrons. The Labute approximate surface area is 124 Å². The molecule has 0 aliphatic rings. The number of carbonyl (C=O) groups is 1. The van der Waals surface area contributed by atoms with Crippen molar-refractivity contribution >= 4 is 17.7 Å². The molecule has 0 saturated carbocycles. The summed E-state index contributed by atoms with van der Waals surface area (Å²) in [6.45, 7) is 1.83. The smallest absolute Gasteiger partial charge is 0.316 e. The van der Waals surface area contributed by atoms with Gasteiger partial charge in [0.2, 0.25) is 0 Å². The van der Waals surface area contributed by atoms with Crippen LogP contribution in [0.2, 0.25) is 0 Å². The molecular formula is C15H22O4S. The summed E-state index contributed by atoms with van der Waals surface area (Å²) in [5, 5.41) is 8.85. The molecule has 1 aromatic carbocycles. The maximum atomic E-state index is 11.2. The van der Waals surface area contributed by atoms with Crippen LogP contribution in [-0.2, 0) is 20.7 Å². The van der Waals surface area contributed by atoms with Gasteiger partial charge >= 0.3 is 5.97 Å². The summed E-state index contributed by atoms with van der Waals surface area (Å²) in [5.41, 5.74) is 1.06. The van der Waals surface area contributed by atoms with E-state index in [1.807, 2.05) is 30.3 Å². The van der Waals surface area contributed by atoms with Crippen molar-refractivity contribution in [1.82, 2.24) is 0 Å². The monoisotopic (exact) mass is 298 g/mol. The zero-order chi connectivity index (χ0) is 14.6. The predicted molar refractivity (Wildman–Crippen MR) is 81.3 cm³/mol. The molecule has 0 bridgehead atoms. The number of carboxylic acid groups (broad SMARTS) is 1. The van der Waals surface area contributed by atoms with Crippen LogP contribution < -0.4 is 0 Å². The number of aliphatic carboxylic acids is 1. The molecule has 5 heteroatoms. The Morgan fingerprint density at radius 1 is 1.25 bits per heavy atom. The second-order valence-electron chi connectivity index (χ2n) is 4.35. The Balaban J connectivity index is 2.21. The first kappa shape index (κ1) is 17.0. The van der Waals surface area contributed by atoms with Crippen molar-refractivity contribution in [2.24, 2.45) is 0 Å². The normalized spacial score (nSPS) is 12.2. The van der Waals surface area contributed by atoms with E-state index in [-0.39, 0.29) is 0 Å². The van der Waals surface area contributed by atoms with Crippen LogP contribution in [0, 0.1) is 0 Å². The third kappa shape index (κ3) is 7.53. The van der Waals surface area contributed by atoms with E-state index >= 15 is 0 Å². The third-order valence-electron chi connectivity index (χ3n) is 2.72. The summed E-state index contributed by atoms with van der Waals surface area (Å²) in [5.74, 6) is 0.0377. The van der Waals surface area contributed by atoms with Gasteiger partial charge in [0.25, 0.3) is 0 Å². The maximum absolute atomic E-state index is 11.2. The molecule has 0 aliphatic carbocycles. The van der Waals surface area contributed by atoms with Gasteiger partial charge in [-0.2, -0.15) is 0 Å². The Morgan fingerprint density at radius 3 is 2.65 bits per heavy atom. The minimum absolute atomic E-state index is 0.392. The third-order valence-corrected chi connectivity index (χ3v) is 4.02. The number of hydrogen-bond acceptors (Lipinski definition) is 4. The molecule has 0 amide bonds. The number of hydrogen-bond donors (Lipinski definition) is 1. The fourth-order valence-electron chi connectivity index (χ4n) is 1.68. The van der Waals surface area contributed by atoms with Gasteiger partial charge < -0.3 is 14.6 Å². The van der Waals surface area contributed by atoms with Gasteiger partial charge in [-0.25, -0.2) is 0 Å². The topological polar surface area (TPSA) is 55.8 Å². The fourth-order valence-corrected chi connectivity index (χ4v) is 2.70.